The number of carbonyl (C=O) groups excluding carboxylic acids is 1. The summed E-state index contributed by atoms with van der Waals surface area (Å²) < 4.78 is 34.6. The van der Waals surface area contributed by atoms with Crippen molar-refractivity contribution in [1.82, 2.24) is 5.32 Å². The smallest absolute Gasteiger partial charge is 0.220 e. The summed E-state index contributed by atoms with van der Waals surface area (Å²) in [6, 6.07) is -0.885. The van der Waals surface area contributed by atoms with Gasteiger partial charge in [-0.1, -0.05) is 444 Å². The van der Waals surface area contributed by atoms with Crippen LogP contribution in [0, 0.1) is 0 Å². The third kappa shape index (κ3) is 52.7. The summed E-state index contributed by atoms with van der Waals surface area (Å²) >= 11 is 0. The summed E-state index contributed by atoms with van der Waals surface area (Å²) in [7, 11) is 0. The van der Waals surface area contributed by atoms with Crippen LogP contribution in [0.25, 0.3) is 0 Å². The van der Waals surface area contributed by atoms with E-state index >= 15 is 0 Å². The number of hydrogen-bond donors (Lipinski definition) is 12. The Balaban J connectivity index is 1.27. The highest BCUT2D eigenvalue weighted by atomic mass is 16.8. The highest BCUT2D eigenvalue weighted by molar-refractivity contribution is 5.76. The summed E-state index contributed by atoms with van der Waals surface area (Å²) in [5.41, 5.74) is 0. The molecule has 0 bridgehead atoms. The molecule has 3 aliphatic rings. The maximum Gasteiger partial charge on any atom is 0.220 e. The lowest BCUT2D eigenvalue weighted by atomic mass is 9.96. The van der Waals surface area contributed by atoms with Gasteiger partial charge in [-0.15, -0.1) is 0 Å². The molecule has 3 heterocycles. The van der Waals surface area contributed by atoms with Crippen molar-refractivity contribution in [2.45, 2.75) is 568 Å². The molecule has 3 saturated heterocycles. The zero-order valence-corrected chi connectivity index (χ0v) is 72.9. The van der Waals surface area contributed by atoms with Crippen LogP contribution in [0.2, 0.25) is 0 Å². The van der Waals surface area contributed by atoms with Gasteiger partial charge in [-0.05, 0) is 12.8 Å². The predicted molar refractivity (Wildman–Crippen MR) is 457 cm³/mol. The van der Waals surface area contributed by atoms with Crippen LogP contribution in [0.4, 0.5) is 0 Å². The minimum absolute atomic E-state index is 0.230. The molecule has 0 aromatic heterocycles. The van der Waals surface area contributed by atoms with Crippen molar-refractivity contribution < 1.29 is 89.4 Å². The largest absolute Gasteiger partial charge is 0.394 e. The number of amides is 1. The first-order chi connectivity index (χ1) is 55.3. The van der Waals surface area contributed by atoms with E-state index in [9.17, 15) is 61.0 Å². The molecule has 3 aliphatic heterocycles. The first kappa shape index (κ1) is 106. The van der Waals surface area contributed by atoms with Crippen molar-refractivity contribution in [3.63, 3.8) is 0 Å². The Morgan fingerprint density at radius 1 is 0.283 bits per heavy atom. The number of unbranched alkanes of at least 4 members (excludes halogenated alkanes) is 66. The third-order valence-electron chi connectivity index (χ3n) is 24.9. The van der Waals surface area contributed by atoms with Crippen molar-refractivity contribution in [1.29, 1.82) is 0 Å². The second-order valence-corrected chi connectivity index (χ2v) is 35.3. The maximum absolute atomic E-state index is 13.6. The molecular formula is C94H183NO18. The molecule has 12 N–H and O–H groups in total. The number of ether oxygens (including phenoxy) is 6. The van der Waals surface area contributed by atoms with Crippen LogP contribution in [-0.4, -0.2) is 193 Å². The van der Waals surface area contributed by atoms with Crippen LogP contribution in [0.3, 0.4) is 0 Å². The molecule has 0 aromatic rings. The van der Waals surface area contributed by atoms with Crippen LogP contribution in [0.15, 0.2) is 0 Å². The van der Waals surface area contributed by atoms with Crippen molar-refractivity contribution in [3.8, 4) is 0 Å². The molecule has 17 unspecified atom stereocenters. The molecule has 0 aliphatic carbocycles. The van der Waals surface area contributed by atoms with Gasteiger partial charge in [-0.2, -0.15) is 0 Å². The number of hydrogen-bond acceptors (Lipinski definition) is 18. The Labute approximate surface area is 691 Å². The highest BCUT2D eigenvalue weighted by Crippen LogP contribution is 2.34. The second kappa shape index (κ2) is 74.6. The summed E-state index contributed by atoms with van der Waals surface area (Å²) in [5, 5.41) is 121. The van der Waals surface area contributed by atoms with Gasteiger partial charge in [0, 0.05) is 6.42 Å². The topological polar surface area (TPSA) is 307 Å². The van der Waals surface area contributed by atoms with E-state index in [0.29, 0.717) is 12.8 Å². The SMILES string of the molecule is CCCCCCCCCCCCCCCCCCCCCCCCCCCCCCCCCCCCCCCCCCCC(=O)NC(COC1OC(CO)C(OC2OC(CO)C(OC3OC(CO)C(O)C(O)C3O)C(O)C2O)C(O)C1O)C(O)CCCCCCCCCCCCCCCCCCCCCCCCCCCCC. The van der Waals surface area contributed by atoms with Crippen molar-refractivity contribution >= 4 is 5.91 Å². The Morgan fingerprint density at radius 2 is 0.504 bits per heavy atom. The third-order valence-corrected chi connectivity index (χ3v) is 24.9. The normalized spacial score (nSPS) is 24.7. The molecule has 672 valence electrons. The molecule has 1 amide bonds. The van der Waals surface area contributed by atoms with Crippen LogP contribution < -0.4 is 5.32 Å². The number of carbonyl (C=O) groups is 1. The van der Waals surface area contributed by atoms with Gasteiger partial charge in [0.1, 0.15) is 73.2 Å². The molecule has 19 nitrogen and oxygen atoms in total. The monoisotopic (exact) mass is 1610 g/mol. The van der Waals surface area contributed by atoms with Crippen molar-refractivity contribution in [3.05, 3.63) is 0 Å². The van der Waals surface area contributed by atoms with Crippen LogP contribution in [-0.2, 0) is 33.2 Å². The zero-order valence-electron chi connectivity index (χ0n) is 72.9. The average Bonchev–Trinajstić information content (AvgIpc) is 0.777. The zero-order chi connectivity index (χ0) is 81.7. The summed E-state index contributed by atoms with van der Waals surface area (Å²) in [6.45, 7) is 1.90. The highest BCUT2D eigenvalue weighted by Gasteiger charge is 2.54. The van der Waals surface area contributed by atoms with Crippen molar-refractivity contribution in [2.75, 3.05) is 26.4 Å². The number of aliphatic hydroxyl groups is 11. The number of aliphatic hydroxyl groups excluding tert-OH is 11. The summed E-state index contributed by atoms with van der Waals surface area (Å²) in [4.78, 5) is 13.6. The lowest BCUT2D eigenvalue weighted by molar-refractivity contribution is -0.379. The standard InChI is InChI=1S/C94H183NO18/c1-3-5-7-9-11-13-15-17-19-21-23-25-27-29-31-32-33-34-35-36-37-38-39-40-41-42-43-44-46-48-50-52-54-56-58-60-62-64-66-68-70-72-82(100)95-77(78(99)71-69-67-65-63-61-59-57-55-53-51-49-47-45-30-28-26-24-22-20-18-16-14-12-10-8-6-4-2)76-108-92-88(106)85(103)90(80(74-97)110-92)113-94-89(107)86(104)91(81(75-98)111-94)112-93-87(105)84(102)83(101)79(73-96)109-93/h77-81,83-94,96-99,101-107H,3-76H2,1-2H3,(H,95,100). The molecule has 3 rings (SSSR count). The quantitative estimate of drug-likeness (QED) is 0.0252. The maximum atomic E-state index is 13.6. The van der Waals surface area contributed by atoms with Crippen LogP contribution >= 0.6 is 0 Å². The minimum Gasteiger partial charge on any atom is -0.394 e. The Morgan fingerprint density at radius 3 is 0.770 bits per heavy atom. The lowest BCUT2D eigenvalue weighted by Gasteiger charge is -2.48. The van der Waals surface area contributed by atoms with Gasteiger partial charge in [0.05, 0.1) is 38.6 Å². The van der Waals surface area contributed by atoms with E-state index in [2.05, 4.69) is 19.2 Å². The van der Waals surface area contributed by atoms with E-state index in [0.717, 1.165) is 44.9 Å². The van der Waals surface area contributed by atoms with Gasteiger partial charge in [0.2, 0.25) is 5.91 Å². The average molecular weight is 1620 g/mol. The first-order valence-electron chi connectivity index (χ1n) is 48.8. The molecule has 3 fully saturated rings. The van der Waals surface area contributed by atoms with E-state index in [1.165, 1.54) is 385 Å². The first-order valence-corrected chi connectivity index (χ1v) is 48.8. The molecular weight excluding hydrogens is 1430 g/mol. The Bertz CT molecular complexity index is 2030. The molecule has 0 aromatic carbocycles. The molecule has 0 spiro atoms. The fourth-order valence-electron chi connectivity index (χ4n) is 17.2. The van der Waals surface area contributed by atoms with E-state index in [1.807, 2.05) is 0 Å². The Hall–Kier alpha value is -1.21. The predicted octanol–water partition coefficient (Wildman–Crippen LogP) is 19.6. The second-order valence-electron chi connectivity index (χ2n) is 35.3. The molecule has 0 saturated carbocycles. The minimum atomic E-state index is -1.97. The van der Waals surface area contributed by atoms with E-state index in [4.69, 9.17) is 28.4 Å². The Kier molecular flexibility index (Phi) is 70.0. The molecule has 113 heavy (non-hydrogen) atoms. The van der Waals surface area contributed by atoms with E-state index in [-0.39, 0.29) is 18.9 Å². The van der Waals surface area contributed by atoms with Crippen LogP contribution in [0.1, 0.15) is 463 Å². The van der Waals surface area contributed by atoms with Gasteiger partial charge >= 0.3 is 0 Å². The lowest BCUT2D eigenvalue weighted by Crippen LogP contribution is -2.66. The molecule has 0 radical (unpaired) electrons. The molecule has 17 atom stereocenters. The fraction of sp³-hybridized carbons (Fsp3) is 0.989. The fourth-order valence-corrected chi connectivity index (χ4v) is 17.2. The van der Waals surface area contributed by atoms with Gasteiger partial charge < -0.3 is 89.9 Å². The summed E-state index contributed by atoms with van der Waals surface area (Å²) in [5.74, 6) is -0.230. The van der Waals surface area contributed by atoms with Crippen molar-refractivity contribution in [2.24, 2.45) is 0 Å². The number of nitrogens with one attached hydrogen (secondary N) is 1. The van der Waals surface area contributed by atoms with E-state index < -0.39 is 124 Å². The van der Waals surface area contributed by atoms with Gasteiger partial charge in [-0.25, -0.2) is 0 Å². The van der Waals surface area contributed by atoms with Crippen LogP contribution in [0.5, 0.6) is 0 Å². The van der Waals surface area contributed by atoms with Gasteiger partial charge in [0.15, 0.2) is 18.9 Å². The van der Waals surface area contributed by atoms with Gasteiger partial charge in [-0.3, -0.25) is 4.79 Å². The number of rotatable bonds is 82. The summed E-state index contributed by atoms with van der Waals surface area (Å²) in [6.07, 6.45) is 65.4. The van der Waals surface area contributed by atoms with E-state index in [1.54, 1.807) is 0 Å². The van der Waals surface area contributed by atoms with Gasteiger partial charge in [0.25, 0.3) is 0 Å². The molecule has 19 heteroatoms.